The summed E-state index contributed by atoms with van der Waals surface area (Å²) in [6.45, 7) is 0. The Bertz CT molecular complexity index is 990. The highest BCUT2D eigenvalue weighted by Crippen LogP contribution is 2.48. The van der Waals surface area contributed by atoms with Crippen LogP contribution < -0.4 is 9.64 Å². The van der Waals surface area contributed by atoms with E-state index in [0.717, 1.165) is 11.4 Å². The molecule has 0 spiro atoms. The lowest BCUT2D eigenvalue weighted by atomic mass is 10.0. The van der Waals surface area contributed by atoms with Gasteiger partial charge in [-0.15, -0.1) is 0 Å². The molecule has 0 fully saturated rings. The molecule has 0 aliphatic carbocycles. The van der Waals surface area contributed by atoms with Crippen molar-refractivity contribution >= 4 is 27.7 Å². The largest absolute Gasteiger partial charge is 0.453 e. The average molecular weight is 399 g/mol. The number of benzene rings is 2. The van der Waals surface area contributed by atoms with Gasteiger partial charge in [0.2, 0.25) is 0 Å². The molecular formula is C20H21N3O4S. The Hall–Kier alpha value is -2.84. The van der Waals surface area contributed by atoms with Crippen molar-refractivity contribution in [1.29, 1.82) is 0 Å². The molecule has 2 aliphatic heterocycles. The second kappa shape index (κ2) is 7.29. The van der Waals surface area contributed by atoms with Gasteiger partial charge in [-0.2, -0.15) is 8.42 Å². The SMILES string of the molecule is CN1C=CC=NC1C(CCS(=O)(=O)O)N1c2ccccc2Oc2ccccc21. The summed E-state index contributed by atoms with van der Waals surface area (Å²) in [5.41, 5.74) is 1.67. The predicted octanol–water partition coefficient (Wildman–Crippen LogP) is 3.43. The van der Waals surface area contributed by atoms with Crippen LogP contribution in [0.5, 0.6) is 11.5 Å². The van der Waals surface area contributed by atoms with E-state index >= 15 is 0 Å². The van der Waals surface area contributed by atoms with Gasteiger partial charge < -0.3 is 14.5 Å². The standard InChI is InChI=1S/C20H21N3O4S/c1-22-13-6-12-21-20(22)17(11-14-28(24,25)26)23-15-7-2-4-9-18(15)27-19-10-5-3-8-16(19)23/h2-10,12-13,17,20H,11,14H2,1H3,(H,24,25,26). The fourth-order valence-electron chi connectivity index (χ4n) is 3.65. The van der Waals surface area contributed by atoms with Crippen LogP contribution in [0.15, 0.2) is 65.8 Å². The quantitative estimate of drug-likeness (QED) is 0.776. The molecule has 0 amide bonds. The van der Waals surface area contributed by atoms with Crippen molar-refractivity contribution in [2.45, 2.75) is 18.6 Å². The minimum Gasteiger partial charge on any atom is -0.453 e. The number of fused-ring (bicyclic) bond motifs is 2. The van der Waals surface area contributed by atoms with Crippen molar-refractivity contribution < 1.29 is 17.7 Å². The highest BCUT2D eigenvalue weighted by molar-refractivity contribution is 7.85. The predicted molar refractivity (Wildman–Crippen MR) is 109 cm³/mol. The van der Waals surface area contributed by atoms with Crippen LogP contribution in [0.1, 0.15) is 6.42 Å². The summed E-state index contributed by atoms with van der Waals surface area (Å²) in [5.74, 6) is 1.02. The number of hydrogen-bond donors (Lipinski definition) is 1. The van der Waals surface area contributed by atoms with Gasteiger partial charge in [0.25, 0.3) is 10.1 Å². The molecule has 2 aromatic rings. The molecule has 0 saturated carbocycles. The number of nitrogens with zero attached hydrogens (tertiary/aromatic N) is 3. The minimum absolute atomic E-state index is 0.196. The Kier molecular flexibility index (Phi) is 4.82. The van der Waals surface area contributed by atoms with Gasteiger partial charge in [-0.3, -0.25) is 9.55 Å². The topological polar surface area (TPSA) is 82.4 Å². The molecule has 4 rings (SSSR count). The summed E-state index contributed by atoms with van der Waals surface area (Å²) in [4.78, 5) is 8.59. The van der Waals surface area contributed by atoms with Crippen LogP contribution in [0.25, 0.3) is 0 Å². The van der Waals surface area contributed by atoms with Gasteiger partial charge in [0, 0.05) is 19.5 Å². The van der Waals surface area contributed by atoms with Crippen LogP contribution in [-0.2, 0) is 10.1 Å². The van der Waals surface area contributed by atoms with E-state index in [1.54, 1.807) is 6.21 Å². The van der Waals surface area contributed by atoms with Gasteiger partial charge in [-0.25, -0.2) is 0 Å². The molecule has 2 atom stereocenters. The van der Waals surface area contributed by atoms with E-state index in [1.165, 1.54) is 0 Å². The fraction of sp³-hybridized carbons (Fsp3) is 0.250. The third-order valence-corrected chi connectivity index (χ3v) is 5.63. The van der Waals surface area contributed by atoms with E-state index in [1.807, 2.05) is 72.8 Å². The van der Waals surface area contributed by atoms with Crippen LogP contribution in [-0.4, -0.2) is 49.1 Å². The number of allylic oxidation sites excluding steroid dienone is 1. The summed E-state index contributed by atoms with van der Waals surface area (Å²) in [7, 11) is -2.22. The molecule has 2 heterocycles. The average Bonchev–Trinajstić information content (AvgIpc) is 2.67. The lowest BCUT2D eigenvalue weighted by Crippen LogP contribution is -2.49. The molecule has 0 radical (unpaired) electrons. The number of rotatable bonds is 5. The lowest BCUT2D eigenvalue weighted by molar-refractivity contribution is 0.280. The Morgan fingerprint density at radius 1 is 1.11 bits per heavy atom. The Morgan fingerprint density at radius 2 is 1.71 bits per heavy atom. The zero-order valence-corrected chi connectivity index (χ0v) is 16.2. The number of ether oxygens (including phenoxy) is 1. The van der Waals surface area contributed by atoms with Crippen LogP contribution >= 0.6 is 0 Å². The van der Waals surface area contributed by atoms with Gasteiger partial charge in [0.05, 0.1) is 23.2 Å². The molecule has 1 N–H and O–H groups in total. The van der Waals surface area contributed by atoms with Crippen molar-refractivity contribution in [3.8, 4) is 11.5 Å². The second-order valence-electron chi connectivity index (χ2n) is 6.77. The molecule has 0 bridgehead atoms. The van der Waals surface area contributed by atoms with Gasteiger partial charge in [0.15, 0.2) is 11.5 Å². The zero-order chi connectivity index (χ0) is 19.7. The lowest BCUT2D eigenvalue weighted by Gasteiger charge is -2.43. The van der Waals surface area contributed by atoms with Crippen LogP contribution in [0.4, 0.5) is 11.4 Å². The smallest absolute Gasteiger partial charge is 0.264 e. The number of aliphatic imine (C=N–C) groups is 1. The van der Waals surface area contributed by atoms with E-state index in [4.69, 9.17) is 4.74 Å². The third-order valence-electron chi connectivity index (χ3n) is 4.88. The molecule has 0 aromatic heterocycles. The van der Waals surface area contributed by atoms with E-state index in [0.29, 0.717) is 11.5 Å². The first-order valence-corrected chi connectivity index (χ1v) is 10.6. The molecule has 28 heavy (non-hydrogen) atoms. The maximum absolute atomic E-state index is 11.5. The number of likely N-dealkylation sites (N-methyl/N-ethyl adjacent to an activating group) is 1. The first-order valence-electron chi connectivity index (χ1n) is 8.96. The van der Waals surface area contributed by atoms with Gasteiger partial charge in [-0.05, 0) is 36.8 Å². The molecule has 146 valence electrons. The summed E-state index contributed by atoms with van der Waals surface area (Å²) >= 11 is 0. The van der Waals surface area contributed by atoms with E-state index in [2.05, 4.69) is 9.89 Å². The highest BCUT2D eigenvalue weighted by atomic mass is 32.2. The fourth-order valence-corrected chi connectivity index (χ4v) is 4.19. The van der Waals surface area contributed by atoms with Crippen molar-refractivity contribution in [2.75, 3.05) is 17.7 Å². The monoisotopic (exact) mass is 399 g/mol. The Balaban J connectivity index is 1.83. The minimum atomic E-state index is -4.12. The maximum atomic E-state index is 11.5. The summed E-state index contributed by atoms with van der Waals surface area (Å²) in [5, 5.41) is 0. The van der Waals surface area contributed by atoms with Gasteiger partial charge in [-0.1, -0.05) is 24.3 Å². The van der Waals surface area contributed by atoms with Crippen LogP contribution in [0, 0.1) is 0 Å². The molecule has 2 unspecified atom stereocenters. The maximum Gasteiger partial charge on any atom is 0.264 e. The second-order valence-corrected chi connectivity index (χ2v) is 8.34. The summed E-state index contributed by atoms with van der Waals surface area (Å²) in [6.07, 6.45) is 5.31. The van der Waals surface area contributed by atoms with Crippen molar-refractivity contribution in [1.82, 2.24) is 4.90 Å². The highest BCUT2D eigenvalue weighted by Gasteiger charge is 2.36. The van der Waals surface area contributed by atoms with E-state index < -0.39 is 10.1 Å². The van der Waals surface area contributed by atoms with Crippen molar-refractivity contribution in [2.24, 2.45) is 4.99 Å². The molecule has 0 saturated heterocycles. The molecule has 8 heteroatoms. The van der Waals surface area contributed by atoms with Crippen LogP contribution in [0.3, 0.4) is 0 Å². The van der Waals surface area contributed by atoms with E-state index in [9.17, 15) is 13.0 Å². The van der Waals surface area contributed by atoms with Crippen molar-refractivity contribution in [3.63, 3.8) is 0 Å². The summed E-state index contributed by atoms with van der Waals surface area (Å²) < 4.78 is 38.5. The Labute approximate surface area is 164 Å². The third kappa shape index (κ3) is 3.61. The van der Waals surface area contributed by atoms with Crippen LogP contribution in [0.2, 0.25) is 0 Å². The van der Waals surface area contributed by atoms with Gasteiger partial charge >= 0.3 is 0 Å². The number of hydrogen-bond acceptors (Lipinski definition) is 6. The first kappa shape index (κ1) is 18.5. The van der Waals surface area contributed by atoms with Gasteiger partial charge in [0.1, 0.15) is 6.17 Å². The van der Waals surface area contributed by atoms with Crippen molar-refractivity contribution in [3.05, 3.63) is 60.8 Å². The zero-order valence-electron chi connectivity index (χ0n) is 15.3. The normalized spacial score (nSPS) is 19.0. The molecule has 2 aromatic carbocycles. The van der Waals surface area contributed by atoms with E-state index in [-0.39, 0.29) is 24.4 Å². The molecule has 2 aliphatic rings. The summed E-state index contributed by atoms with van der Waals surface area (Å²) in [6, 6.07) is 14.9. The first-order chi connectivity index (χ1) is 13.4. The number of para-hydroxylation sites is 4. The Morgan fingerprint density at radius 3 is 2.29 bits per heavy atom. The molecule has 7 nitrogen and oxygen atoms in total. The molecular weight excluding hydrogens is 378 g/mol. The number of anilines is 2.